The lowest BCUT2D eigenvalue weighted by atomic mass is 10.1. The first-order valence-corrected chi connectivity index (χ1v) is 6.48. The molecule has 1 rings (SSSR count). The number of nitrogens with one attached hydrogen (secondary N) is 1. The van der Waals surface area contributed by atoms with Gasteiger partial charge in [0, 0.05) is 6.54 Å². The summed E-state index contributed by atoms with van der Waals surface area (Å²) in [4.78, 5) is 13.7. The average molecular weight is 264 g/mol. The first kappa shape index (κ1) is 15.5. The van der Waals surface area contributed by atoms with Crippen molar-refractivity contribution in [1.29, 1.82) is 0 Å². The predicted molar refractivity (Wildman–Crippen MR) is 77.1 cm³/mol. The van der Waals surface area contributed by atoms with Crippen LogP contribution in [0.15, 0.2) is 30.3 Å². The van der Waals surface area contributed by atoms with Gasteiger partial charge in [0.1, 0.15) is 5.60 Å². The van der Waals surface area contributed by atoms with E-state index < -0.39 is 5.60 Å². The van der Waals surface area contributed by atoms with Gasteiger partial charge in [-0.15, -0.1) is 0 Å². The molecule has 1 N–H and O–H groups in total. The van der Waals surface area contributed by atoms with Crippen LogP contribution in [0.5, 0.6) is 0 Å². The zero-order chi connectivity index (χ0) is 14.5. The lowest BCUT2D eigenvalue weighted by Gasteiger charge is -2.26. The number of amides is 1. The van der Waals surface area contributed by atoms with Crippen LogP contribution in [0, 0.1) is 0 Å². The number of rotatable bonds is 4. The Balaban J connectivity index is 2.59. The highest BCUT2D eigenvalue weighted by molar-refractivity contribution is 5.67. The minimum Gasteiger partial charge on any atom is -0.444 e. The van der Waals surface area contributed by atoms with Crippen molar-refractivity contribution in [3.8, 4) is 0 Å². The molecule has 0 bridgehead atoms. The second-order valence-electron chi connectivity index (χ2n) is 5.77. The van der Waals surface area contributed by atoms with Gasteiger partial charge in [-0.25, -0.2) is 4.79 Å². The standard InChI is InChI=1S/C15H24N2O2/c1-15(2,3)19-14(18)16-11-13(17(4)5)12-9-7-6-8-10-12/h6-10,13H,11H2,1-5H3,(H,16,18)/t13-/m1/s1. The van der Waals surface area contributed by atoms with Gasteiger partial charge in [-0.2, -0.15) is 0 Å². The van der Waals surface area contributed by atoms with Crippen LogP contribution in [0.4, 0.5) is 4.79 Å². The molecule has 0 fully saturated rings. The van der Waals surface area contributed by atoms with Crippen LogP contribution in [-0.2, 0) is 4.74 Å². The van der Waals surface area contributed by atoms with Crippen LogP contribution in [0.2, 0.25) is 0 Å². The van der Waals surface area contributed by atoms with Gasteiger partial charge in [-0.3, -0.25) is 0 Å². The molecule has 0 spiro atoms. The van der Waals surface area contributed by atoms with Crippen LogP contribution in [0.3, 0.4) is 0 Å². The zero-order valence-corrected chi connectivity index (χ0v) is 12.4. The number of nitrogens with zero attached hydrogens (tertiary/aromatic N) is 1. The number of alkyl carbamates (subject to hydrolysis) is 1. The third kappa shape index (κ3) is 5.75. The maximum atomic E-state index is 11.7. The van der Waals surface area contributed by atoms with Crippen molar-refractivity contribution in [2.24, 2.45) is 0 Å². The normalized spacial score (nSPS) is 13.2. The molecule has 0 saturated carbocycles. The fourth-order valence-corrected chi connectivity index (χ4v) is 1.77. The Hall–Kier alpha value is -1.55. The number of hydrogen-bond donors (Lipinski definition) is 1. The van der Waals surface area contributed by atoms with E-state index in [1.54, 1.807) is 0 Å². The van der Waals surface area contributed by atoms with Crippen LogP contribution in [0.1, 0.15) is 32.4 Å². The molecule has 106 valence electrons. The molecule has 0 aliphatic rings. The summed E-state index contributed by atoms with van der Waals surface area (Å²) >= 11 is 0. The van der Waals surface area contributed by atoms with Crippen LogP contribution >= 0.6 is 0 Å². The first-order valence-electron chi connectivity index (χ1n) is 6.48. The van der Waals surface area contributed by atoms with Gasteiger partial charge < -0.3 is 15.0 Å². The van der Waals surface area contributed by atoms with E-state index in [1.165, 1.54) is 5.56 Å². The van der Waals surface area contributed by atoms with E-state index in [-0.39, 0.29) is 12.1 Å². The van der Waals surface area contributed by atoms with Crippen LogP contribution in [0.25, 0.3) is 0 Å². The lowest BCUT2D eigenvalue weighted by molar-refractivity contribution is 0.0514. The summed E-state index contributed by atoms with van der Waals surface area (Å²) in [5, 5.41) is 2.82. The van der Waals surface area contributed by atoms with Crippen LogP contribution in [-0.4, -0.2) is 37.2 Å². The molecule has 0 unspecified atom stereocenters. The van der Waals surface area contributed by atoms with Gasteiger partial charge >= 0.3 is 6.09 Å². The minimum absolute atomic E-state index is 0.133. The third-order valence-electron chi connectivity index (χ3n) is 2.65. The second kappa shape index (κ2) is 6.57. The van der Waals surface area contributed by atoms with Gasteiger partial charge in [-0.05, 0) is 40.4 Å². The minimum atomic E-state index is -0.468. The molecule has 1 amide bonds. The van der Waals surface area contributed by atoms with Crippen molar-refractivity contribution in [2.45, 2.75) is 32.4 Å². The summed E-state index contributed by atoms with van der Waals surface area (Å²) < 4.78 is 5.24. The second-order valence-corrected chi connectivity index (χ2v) is 5.77. The van der Waals surface area contributed by atoms with E-state index in [0.29, 0.717) is 6.54 Å². The molecule has 0 aromatic heterocycles. The molecule has 19 heavy (non-hydrogen) atoms. The quantitative estimate of drug-likeness (QED) is 0.909. The van der Waals surface area contributed by atoms with Gasteiger partial charge in [0.15, 0.2) is 0 Å². The number of carbonyl (C=O) groups is 1. The molecule has 1 aromatic rings. The average Bonchev–Trinajstić information content (AvgIpc) is 2.27. The highest BCUT2D eigenvalue weighted by atomic mass is 16.6. The smallest absolute Gasteiger partial charge is 0.407 e. The maximum Gasteiger partial charge on any atom is 0.407 e. The molecule has 0 radical (unpaired) electrons. The van der Waals surface area contributed by atoms with E-state index in [9.17, 15) is 4.79 Å². The number of ether oxygens (including phenoxy) is 1. The van der Waals surface area contributed by atoms with Crippen molar-refractivity contribution in [3.05, 3.63) is 35.9 Å². The third-order valence-corrected chi connectivity index (χ3v) is 2.65. The number of hydrogen-bond acceptors (Lipinski definition) is 3. The van der Waals surface area contributed by atoms with Crippen molar-refractivity contribution in [2.75, 3.05) is 20.6 Å². The molecular formula is C15H24N2O2. The number of benzene rings is 1. The Morgan fingerprint density at radius 2 is 1.84 bits per heavy atom. The zero-order valence-electron chi connectivity index (χ0n) is 12.4. The van der Waals surface area contributed by atoms with Gasteiger partial charge in [0.05, 0.1) is 6.04 Å². The maximum absolute atomic E-state index is 11.7. The summed E-state index contributed by atoms with van der Waals surface area (Å²) in [5.74, 6) is 0. The van der Waals surface area contributed by atoms with Crippen LogP contribution < -0.4 is 5.32 Å². The van der Waals surface area contributed by atoms with E-state index >= 15 is 0 Å². The summed E-state index contributed by atoms with van der Waals surface area (Å²) in [7, 11) is 3.99. The Kier molecular flexibility index (Phi) is 5.36. The summed E-state index contributed by atoms with van der Waals surface area (Å²) in [6.07, 6.45) is -0.379. The van der Waals surface area contributed by atoms with Crippen molar-refractivity contribution in [1.82, 2.24) is 10.2 Å². The number of likely N-dealkylation sites (N-methyl/N-ethyl adjacent to an activating group) is 1. The molecule has 0 aliphatic heterocycles. The molecule has 4 heteroatoms. The van der Waals surface area contributed by atoms with Gasteiger partial charge in [0.25, 0.3) is 0 Å². The lowest BCUT2D eigenvalue weighted by Crippen LogP contribution is -2.38. The Morgan fingerprint density at radius 3 is 2.32 bits per heavy atom. The monoisotopic (exact) mass is 264 g/mol. The molecule has 1 atom stereocenters. The molecule has 0 saturated heterocycles. The summed E-state index contributed by atoms with van der Waals surface area (Å²) in [6.45, 7) is 6.08. The van der Waals surface area contributed by atoms with Crippen molar-refractivity contribution in [3.63, 3.8) is 0 Å². The highest BCUT2D eigenvalue weighted by Crippen LogP contribution is 2.17. The predicted octanol–water partition coefficient (Wildman–Crippen LogP) is 2.81. The van der Waals surface area contributed by atoms with Gasteiger partial charge in [-0.1, -0.05) is 30.3 Å². The fraction of sp³-hybridized carbons (Fsp3) is 0.533. The molecule has 0 aliphatic carbocycles. The molecular weight excluding hydrogens is 240 g/mol. The largest absolute Gasteiger partial charge is 0.444 e. The van der Waals surface area contributed by atoms with E-state index in [4.69, 9.17) is 4.74 Å². The highest BCUT2D eigenvalue weighted by Gasteiger charge is 2.19. The molecule has 4 nitrogen and oxygen atoms in total. The molecule has 1 aromatic carbocycles. The van der Waals surface area contributed by atoms with E-state index in [0.717, 1.165) is 0 Å². The Labute approximate surface area is 115 Å². The molecule has 0 heterocycles. The summed E-state index contributed by atoms with van der Waals surface area (Å²) in [6, 6.07) is 10.2. The summed E-state index contributed by atoms with van der Waals surface area (Å²) in [5.41, 5.74) is 0.702. The van der Waals surface area contributed by atoms with E-state index in [2.05, 4.69) is 22.3 Å². The van der Waals surface area contributed by atoms with Crippen molar-refractivity contribution >= 4 is 6.09 Å². The van der Waals surface area contributed by atoms with Gasteiger partial charge in [0.2, 0.25) is 0 Å². The van der Waals surface area contributed by atoms with E-state index in [1.807, 2.05) is 53.1 Å². The first-order chi connectivity index (χ1) is 8.79. The Morgan fingerprint density at radius 1 is 1.26 bits per heavy atom. The topological polar surface area (TPSA) is 41.6 Å². The number of carbonyl (C=O) groups excluding carboxylic acids is 1. The Bertz CT molecular complexity index is 396. The van der Waals surface area contributed by atoms with Crippen molar-refractivity contribution < 1.29 is 9.53 Å². The fourth-order valence-electron chi connectivity index (χ4n) is 1.77. The SMILES string of the molecule is CN(C)[C@H](CNC(=O)OC(C)(C)C)c1ccccc1.